The first-order valence-electron chi connectivity index (χ1n) is 5.16. The quantitative estimate of drug-likeness (QED) is 0.504. The summed E-state index contributed by atoms with van der Waals surface area (Å²) in [6, 6.07) is 5.05. The average molecular weight is 345 g/mol. The summed E-state index contributed by atoms with van der Waals surface area (Å²) >= 11 is 5.01. The summed E-state index contributed by atoms with van der Waals surface area (Å²) in [5.74, 6) is -19.5. The molecule has 0 radical (unpaired) electrons. The highest BCUT2D eigenvalue weighted by atomic mass is 35.5. The van der Waals surface area contributed by atoms with Crippen molar-refractivity contribution >= 4 is 11.6 Å². The molecule has 0 aliphatic carbocycles. The van der Waals surface area contributed by atoms with E-state index in [2.05, 4.69) is 0 Å². The van der Waals surface area contributed by atoms with E-state index in [1.807, 2.05) is 0 Å². The lowest BCUT2D eigenvalue weighted by atomic mass is 9.96. The monoisotopic (exact) mass is 344 g/mol. The van der Waals surface area contributed by atoms with Gasteiger partial charge < -0.3 is 0 Å². The molecular weight excluding hydrogens is 339 g/mol. The summed E-state index contributed by atoms with van der Waals surface area (Å²) in [4.78, 5) is 0. The molecule has 21 heavy (non-hydrogen) atoms. The fourth-order valence-electron chi connectivity index (χ4n) is 1.38. The van der Waals surface area contributed by atoms with E-state index in [4.69, 9.17) is 11.6 Å². The first-order valence-corrected chi connectivity index (χ1v) is 5.59. The molecule has 0 aromatic heterocycles. The molecule has 0 fully saturated rings. The Morgan fingerprint density at radius 2 is 1.14 bits per heavy atom. The van der Waals surface area contributed by atoms with Gasteiger partial charge in [-0.3, -0.25) is 0 Å². The summed E-state index contributed by atoms with van der Waals surface area (Å²) in [7, 11) is 0. The number of benzene rings is 1. The Hall–Kier alpha value is -1.12. The Kier molecular flexibility index (Phi) is 4.49. The van der Waals surface area contributed by atoms with Crippen molar-refractivity contribution in [2.45, 2.75) is 29.3 Å². The average Bonchev–Trinajstić information content (AvgIpc) is 2.37. The number of hydrogen-bond acceptors (Lipinski definition) is 0. The van der Waals surface area contributed by atoms with Crippen LogP contribution < -0.4 is 0 Å². The molecule has 10 heteroatoms. The molecule has 1 aromatic rings. The zero-order valence-corrected chi connectivity index (χ0v) is 10.5. The van der Waals surface area contributed by atoms with E-state index in [1.54, 1.807) is 0 Å². The van der Waals surface area contributed by atoms with Crippen LogP contribution in [0.3, 0.4) is 0 Å². The third kappa shape index (κ3) is 2.79. The normalized spacial score (nSPS) is 15.9. The van der Waals surface area contributed by atoms with Crippen LogP contribution in [0.4, 0.5) is 39.5 Å². The van der Waals surface area contributed by atoms with Crippen molar-refractivity contribution in [2.75, 3.05) is 0 Å². The van der Waals surface area contributed by atoms with Crippen molar-refractivity contribution < 1.29 is 39.5 Å². The molecule has 1 atom stereocenters. The molecule has 0 amide bonds. The standard InChI is InChI=1S/C11H6ClF9/c12-7(6-4-2-1-3-5-6)8(13,14)9(15,16)10(17,18)11(19,20)21/h1-5,7H. The smallest absolute Gasteiger partial charge is 0.197 e. The van der Waals surface area contributed by atoms with Gasteiger partial charge in [-0.25, -0.2) is 0 Å². The van der Waals surface area contributed by atoms with Gasteiger partial charge in [0.25, 0.3) is 0 Å². The third-order valence-corrected chi connectivity index (χ3v) is 3.11. The van der Waals surface area contributed by atoms with Gasteiger partial charge in [-0.1, -0.05) is 30.3 Å². The maximum atomic E-state index is 13.4. The lowest BCUT2D eigenvalue weighted by Crippen LogP contribution is -2.62. The van der Waals surface area contributed by atoms with Gasteiger partial charge in [-0.15, -0.1) is 11.6 Å². The number of halogens is 10. The largest absolute Gasteiger partial charge is 0.460 e. The first-order chi connectivity index (χ1) is 9.27. The molecule has 0 saturated heterocycles. The van der Waals surface area contributed by atoms with Crippen molar-refractivity contribution in [1.29, 1.82) is 0 Å². The highest BCUT2D eigenvalue weighted by Gasteiger charge is 2.83. The fraction of sp³-hybridized carbons (Fsp3) is 0.455. The highest BCUT2D eigenvalue weighted by molar-refractivity contribution is 6.21. The highest BCUT2D eigenvalue weighted by Crippen LogP contribution is 2.57. The van der Waals surface area contributed by atoms with Gasteiger partial charge in [0, 0.05) is 0 Å². The summed E-state index contributed by atoms with van der Waals surface area (Å²) in [5, 5.41) is -3.07. The van der Waals surface area contributed by atoms with E-state index in [0.29, 0.717) is 0 Å². The summed E-state index contributed by atoms with van der Waals surface area (Å²) in [5.41, 5.74) is -0.721. The molecule has 0 heterocycles. The topological polar surface area (TPSA) is 0 Å². The predicted octanol–water partition coefficient (Wildman–Crippen LogP) is 5.43. The van der Waals surface area contributed by atoms with Crippen molar-refractivity contribution in [2.24, 2.45) is 0 Å². The van der Waals surface area contributed by atoms with E-state index in [9.17, 15) is 39.5 Å². The van der Waals surface area contributed by atoms with Crippen molar-refractivity contribution in [3.8, 4) is 0 Å². The van der Waals surface area contributed by atoms with Crippen LogP contribution in [0.2, 0.25) is 0 Å². The van der Waals surface area contributed by atoms with E-state index in [1.165, 1.54) is 6.07 Å². The van der Waals surface area contributed by atoms with Gasteiger partial charge in [0.2, 0.25) is 0 Å². The summed E-state index contributed by atoms with van der Waals surface area (Å²) in [6.07, 6.45) is -6.85. The molecule has 120 valence electrons. The minimum atomic E-state index is -6.94. The van der Waals surface area contributed by atoms with Crippen molar-refractivity contribution in [3.05, 3.63) is 35.9 Å². The molecule has 1 unspecified atom stereocenters. The summed E-state index contributed by atoms with van der Waals surface area (Å²) < 4.78 is 114. The minimum Gasteiger partial charge on any atom is -0.197 e. The Labute approximate surface area is 117 Å². The lowest BCUT2D eigenvalue weighted by Gasteiger charge is -2.35. The Morgan fingerprint density at radius 3 is 1.52 bits per heavy atom. The van der Waals surface area contributed by atoms with Crippen LogP contribution in [0.25, 0.3) is 0 Å². The zero-order chi connectivity index (χ0) is 16.7. The maximum absolute atomic E-state index is 13.4. The second-order valence-corrected chi connectivity index (χ2v) is 4.48. The minimum absolute atomic E-state index is 0.721. The fourth-order valence-corrected chi connectivity index (χ4v) is 1.66. The second kappa shape index (κ2) is 5.26. The molecule has 0 N–H and O–H groups in total. The van der Waals surface area contributed by atoms with Crippen molar-refractivity contribution in [1.82, 2.24) is 0 Å². The van der Waals surface area contributed by atoms with Crippen LogP contribution in [-0.4, -0.2) is 23.9 Å². The van der Waals surface area contributed by atoms with E-state index < -0.39 is 34.9 Å². The molecule has 1 aromatic carbocycles. The first kappa shape index (κ1) is 17.9. The van der Waals surface area contributed by atoms with Crippen LogP contribution >= 0.6 is 11.6 Å². The lowest BCUT2D eigenvalue weighted by molar-refractivity contribution is -0.396. The number of rotatable bonds is 4. The molecule has 0 saturated carbocycles. The molecule has 1 rings (SSSR count). The Balaban J connectivity index is 3.28. The Bertz CT molecular complexity index is 480. The van der Waals surface area contributed by atoms with Gasteiger partial charge in [-0.05, 0) is 5.56 Å². The van der Waals surface area contributed by atoms with E-state index in [-0.39, 0.29) is 0 Å². The molecule has 0 aliphatic rings. The maximum Gasteiger partial charge on any atom is 0.460 e. The molecular formula is C11H6ClF9. The zero-order valence-electron chi connectivity index (χ0n) is 9.74. The van der Waals surface area contributed by atoms with Crippen molar-refractivity contribution in [3.63, 3.8) is 0 Å². The molecule has 0 aliphatic heterocycles. The van der Waals surface area contributed by atoms with Crippen LogP contribution in [0, 0.1) is 0 Å². The van der Waals surface area contributed by atoms with Gasteiger partial charge in [0.05, 0.1) is 0 Å². The van der Waals surface area contributed by atoms with Crippen LogP contribution in [-0.2, 0) is 0 Å². The van der Waals surface area contributed by atoms with Gasteiger partial charge in [-0.2, -0.15) is 39.5 Å². The molecule has 0 bridgehead atoms. The summed E-state index contributed by atoms with van der Waals surface area (Å²) in [6.45, 7) is 0. The molecule has 0 nitrogen and oxygen atoms in total. The number of alkyl halides is 10. The van der Waals surface area contributed by atoms with Gasteiger partial charge >= 0.3 is 23.9 Å². The Morgan fingerprint density at radius 1 is 0.714 bits per heavy atom. The van der Waals surface area contributed by atoms with E-state index in [0.717, 1.165) is 24.3 Å². The van der Waals surface area contributed by atoms with Crippen LogP contribution in [0.15, 0.2) is 30.3 Å². The van der Waals surface area contributed by atoms with Crippen LogP contribution in [0.5, 0.6) is 0 Å². The number of hydrogen-bond donors (Lipinski definition) is 0. The predicted molar refractivity (Wildman–Crippen MR) is 55.9 cm³/mol. The van der Waals surface area contributed by atoms with Gasteiger partial charge in [0.1, 0.15) is 5.38 Å². The SMILES string of the molecule is FC(F)(F)C(F)(F)C(F)(F)C(F)(F)C(Cl)c1ccccc1. The van der Waals surface area contributed by atoms with Gasteiger partial charge in [0.15, 0.2) is 0 Å². The molecule has 0 spiro atoms. The second-order valence-electron chi connectivity index (χ2n) is 4.04. The van der Waals surface area contributed by atoms with Crippen LogP contribution in [0.1, 0.15) is 10.9 Å². The third-order valence-electron chi connectivity index (χ3n) is 2.58. The van der Waals surface area contributed by atoms with E-state index >= 15 is 0 Å².